The summed E-state index contributed by atoms with van der Waals surface area (Å²) in [5.41, 5.74) is 1.96. The van der Waals surface area contributed by atoms with Crippen LogP contribution in [-0.2, 0) is 4.79 Å². The minimum Gasteiger partial charge on any atom is -0.497 e. The molecule has 0 radical (unpaired) electrons. The van der Waals surface area contributed by atoms with Crippen LogP contribution in [0, 0.1) is 5.82 Å². The zero-order valence-corrected chi connectivity index (χ0v) is 21.4. The zero-order valence-electron chi connectivity index (χ0n) is 21.4. The average molecular weight is 506 g/mol. The molecule has 0 unspecified atom stereocenters. The summed E-state index contributed by atoms with van der Waals surface area (Å²) in [5.74, 6) is 0.588. The third-order valence-corrected chi connectivity index (χ3v) is 6.47. The molecular weight excluding hydrogens is 473 g/mol. The van der Waals surface area contributed by atoms with Crippen molar-refractivity contribution in [3.05, 3.63) is 72.0 Å². The van der Waals surface area contributed by atoms with E-state index in [4.69, 9.17) is 4.74 Å². The number of rotatable bonds is 7. The largest absolute Gasteiger partial charge is 0.497 e. The van der Waals surface area contributed by atoms with Crippen LogP contribution in [0.15, 0.2) is 60.7 Å². The lowest BCUT2D eigenvalue weighted by Crippen LogP contribution is -2.46. The van der Waals surface area contributed by atoms with Crippen molar-refractivity contribution in [2.75, 3.05) is 44.7 Å². The van der Waals surface area contributed by atoms with Crippen LogP contribution >= 0.6 is 0 Å². The minimum absolute atomic E-state index is 0.0522. The Morgan fingerprint density at radius 3 is 2.43 bits per heavy atom. The zero-order chi connectivity index (χ0) is 26.4. The maximum absolute atomic E-state index is 13.6. The maximum Gasteiger partial charge on any atom is 0.254 e. The van der Waals surface area contributed by atoms with Gasteiger partial charge in [0.05, 0.1) is 12.8 Å². The second-order valence-corrected chi connectivity index (χ2v) is 9.26. The minimum atomic E-state index is -0.478. The second kappa shape index (κ2) is 11.8. The van der Waals surface area contributed by atoms with Gasteiger partial charge in [-0.15, -0.1) is 10.2 Å². The lowest BCUT2D eigenvalue weighted by molar-refractivity contribution is -0.132. The van der Waals surface area contributed by atoms with Gasteiger partial charge < -0.3 is 19.4 Å². The first-order chi connectivity index (χ1) is 17.9. The SMILES string of the molecule is COc1ccc(-c2ccc(N3CCCN(C(=O)CN(C(=O)c4cccc(F)c4)C(C)C)CC3)nn2)cc1. The molecule has 0 bridgehead atoms. The van der Waals surface area contributed by atoms with Crippen molar-refractivity contribution in [2.45, 2.75) is 26.3 Å². The summed E-state index contributed by atoms with van der Waals surface area (Å²) in [6, 6.07) is 16.9. The number of benzene rings is 2. The Bertz CT molecular complexity index is 1220. The van der Waals surface area contributed by atoms with E-state index < -0.39 is 5.82 Å². The highest BCUT2D eigenvalue weighted by Crippen LogP contribution is 2.22. The average Bonchev–Trinajstić information content (AvgIpc) is 3.18. The Kier molecular flexibility index (Phi) is 8.32. The van der Waals surface area contributed by atoms with Crippen LogP contribution in [-0.4, -0.2) is 77.7 Å². The molecule has 1 fully saturated rings. The Morgan fingerprint density at radius 1 is 1.00 bits per heavy atom. The molecule has 9 heteroatoms. The number of amides is 2. The summed E-state index contributed by atoms with van der Waals surface area (Å²) in [4.78, 5) is 31.5. The number of hydrogen-bond acceptors (Lipinski definition) is 6. The molecular formula is C28H32FN5O3. The summed E-state index contributed by atoms with van der Waals surface area (Å²) in [5, 5.41) is 8.82. The van der Waals surface area contributed by atoms with Crippen LogP contribution in [0.25, 0.3) is 11.3 Å². The van der Waals surface area contributed by atoms with Crippen molar-refractivity contribution in [1.29, 1.82) is 0 Å². The molecule has 0 spiro atoms. The van der Waals surface area contributed by atoms with Crippen LogP contribution in [0.5, 0.6) is 5.75 Å². The molecule has 4 rings (SSSR count). The standard InChI is InChI=1S/C28H32FN5O3/c1-20(2)34(28(36)22-6-4-7-23(29)18-22)19-27(35)33-15-5-14-32(16-17-33)26-13-12-25(30-31-26)21-8-10-24(37-3)11-9-21/h4,6-13,18,20H,5,14-17,19H2,1-3H3. The second-order valence-electron chi connectivity index (χ2n) is 9.26. The number of carbonyl (C=O) groups is 2. The van der Waals surface area contributed by atoms with Gasteiger partial charge in [0.2, 0.25) is 5.91 Å². The van der Waals surface area contributed by atoms with Crippen molar-refractivity contribution in [1.82, 2.24) is 20.0 Å². The fourth-order valence-electron chi connectivity index (χ4n) is 4.33. The first kappa shape index (κ1) is 26.1. The van der Waals surface area contributed by atoms with E-state index in [0.717, 1.165) is 35.8 Å². The first-order valence-corrected chi connectivity index (χ1v) is 12.4. The first-order valence-electron chi connectivity index (χ1n) is 12.4. The van der Waals surface area contributed by atoms with Gasteiger partial charge in [-0.2, -0.15) is 0 Å². The fourth-order valence-corrected chi connectivity index (χ4v) is 4.33. The third-order valence-electron chi connectivity index (χ3n) is 6.47. The summed E-state index contributed by atoms with van der Waals surface area (Å²) in [6.07, 6.45) is 0.771. The van der Waals surface area contributed by atoms with E-state index in [1.54, 1.807) is 18.1 Å². The van der Waals surface area contributed by atoms with Gasteiger partial charge in [-0.25, -0.2) is 4.39 Å². The van der Waals surface area contributed by atoms with Crippen LogP contribution in [0.3, 0.4) is 0 Å². The van der Waals surface area contributed by atoms with Gasteiger partial charge in [0.1, 0.15) is 18.1 Å². The maximum atomic E-state index is 13.6. The smallest absolute Gasteiger partial charge is 0.254 e. The normalized spacial score (nSPS) is 13.9. The van der Waals surface area contributed by atoms with Crippen LogP contribution in [0.1, 0.15) is 30.6 Å². The van der Waals surface area contributed by atoms with Gasteiger partial charge >= 0.3 is 0 Å². The van der Waals surface area contributed by atoms with Crippen molar-refractivity contribution in [3.63, 3.8) is 0 Å². The predicted octanol–water partition coefficient (Wildman–Crippen LogP) is 3.88. The highest BCUT2D eigenvalue weighted by Gasteiger charge is 2.26. The van der Waals surface area contributed by atoms with Crippen molar-refractivity contribution in [3.8, 4) is 17.0 Å². The number of aromatic nitrogens is 2. The van der Waals surface area contributed by atoms with Gasteiger partial charge in [-0.3, -0.25) is 9.59 Å². The van der Waals surface area contributed by atoms with E-state index in [-0.39, 0.29) is 30.0 Å². The number of methoxy groups -OCH3 is 1. The van der Waals surface area contributed by atoms with E-state index in [1.165, 1.54) is 23.1 Å². The molecule has 8 nitrogen and oxygen atoms in total. The predicted molar refractivity (Wildman–Crippen MR) is 140 cm³/mol. The Morgan fingerprint density at radius 2 is 1.78 bits per heavy atom. The number of halogens is 1. The Balaban J connectivity index is 1.37. The topological polar surface area (TPSA) is 78.9 Å². The van der Waals surface area contributed by atoms with E-state index in [2.05, 4.69) is 15.1 Å². The molecule has 1 aliphatic rings. The fraction of sp³-hybridized carbons (Fsp3) is 0.357. The molecule has 0 saturated carbocycles. The van der Waals surface area contributed by atoms with E-state index in [0.29, 0.717) is 19.6 Å². The van der Waals surface area contributed by atoms with Crippen molar-refractivity contribution >= 4 is 17.6 Å². The summed E-state index contributed by atoms with van der Waals surface area (Å²) in [6.45, 7) is 6.11. The molecule has 1 aliphatic heterocycles. The van der Waals surface area contributed by atoms with Crippen molar-refractivity contribution in [2.24, 2.45) is 0 Å². The van der Waals surface area contributed by atoms with Crippen LogP contribution < -0.4 is 9.64 Å². The Labute approximate surface area is 216 Å². The molecule has 0 N–H and O–H groups in total. The van der Waals surface area contributed by atoms with Gasteiger partial charge in [0, 0.05) is 43.3 Å². The molecule has 3 aromatic rings. The quantitative estimate of drug-likeness (QED) is 0.485. The summed E-state index contributed by atoms with van der Waals surface area (Å²) >= 11 is 0. The number of carbonyl (C=O) groups excluding carboxylic acids is 2. The summed E-state index contributed by atoms with van der Waals surface area (Å²) in [7, 11) is 1.63. The molecule has 0 atom stereocenters. The molecule has 2 heterocycles. The lowest BCUT2D eigenvalue weighted by Gasteiger charge is -2.29. The lowest BCUT2D eigenvalue weighted by atomic mass is 10.1. The van der Waals surface area contributed by atoms with E-state index >= 15 is 0 Å². The molecule has 2 amide bonds. The van der Waals surface area contributed by atoms with Gasteiger partial charge in [0.15, 0.2) is 5.82 Å². The highest BCUT2D eigenvalue weighted by molar-refractivity contribution is 5.96. The molecule has 1 saturated heterocycles. The molecule has 37 heavy (non-hydrogen) atoms. The van der Waals surface area contributed by atoms with E-state index in [9.17, 15) is 14.0 Å². The monoisotopic (exact) mass is 505 g/mol. The van der Waals surface area contributed by atoms with Crippen molar-refractivity contribution < 1.29 is 18.7 Å². The number of hydrogen-bond donors (Lipinski definition) is 0. The van der Waals surface area contributed by atoms with E-state index in [1.807, 2.05) is 50.2 Å². The molecule has 0 aliphatic carbocycles. The van der Waals surface area contributed by atoms with Crippen LogP contribution in [0.2, 0.25) is 0 Å². The number of nitrogens with zero attached hydrogens (tertiary/aromatic N) is 5. The Hall–Kier alpha value is -4.01. The van der Waals surface area contributed by atoms with Gasteiger partial charge in [0.25, 0.3) is 5.91 Å². The van der Waals surface area contributed by atoms with Crippen LogP contribution in [0.4, 0.5) is 10.2 Å². The molecule has 2 aromatic carbocycles. The highest BCUT2D eigenvalue weighted by atomic mass is 19.1. The molecule has 194 valence electrons. The summed E-state index contributed by atoms with van der Waals surface area (Å²) < 4.78 is 18.8. The molecule has 1 aromatic heterocycles. The number of ether oxygens (including phenoxy) is 1. The van der Waals surface area contributed by atoms with Gasteiger partial charge in [-0.05, 0) is 74.9 Å². The third kappa shape index (κ3) is 6.41. The van der Waals surface area contributed by atoms with Gasteiger partial charge in [-0.1, -0.05) is 6.07 Å². The number of anilines is 1.